The van der Waals surface area contributed by atoms with E-state index >= 15 is 0 Å². The van der Waals surface area contributed by atoms with Gasteiger partial charge in [-0.3, -0.25) is 5.32 Å². The van der Waals surface area contributed by atoms with Gasteiger partial charge in [0.1, 0.15) is 5.69 Å². The number of rotatable bonds is 3. The first kappa shape index (κ1) is 15.5. The summed E-state index contributed by atoms with van der Waals surface area (Å²) in [6.45, 7) is 0. The van der Waals surface area contributed by atoms with Crippen molar-refractivity contribution in [2.24, 2.45) is 4.99 Å². The summed E-state index contributed by atoms with van der Waals surface area (Å²) in [5.74, 6) is -1.07. The Balaban J connectivity index is 2.38. The highest BCUT2D eigenvalue weighted by Gasteiger charge is 2.07. The Morgan fingerprint density at radius 3 is 2.82 bits per heavy atom. The number of nitrogens with zero attached hydrogens (tertiary/aromatic N) is 3. The third-order valence-electron chi connectivity index (χ3n) is 2.70. The van der Waals surface area contributed by atoms with Gasteiger partial charge in [-0.15, -0.1) is 0 Å². The van der Waals surface area contributed by atoms with E-state index in [1.165, 1.54) is 17.8 Å². The van der Waals surface area contributed by atoms with Gasteiger partial charge in [-0.05, 0) is 30.5 Å². The SMILES string of the molecule is CSC(=Nc1cccc(-c2cccc(C(=O)O)n2)c1)NC#N. The maximum Gasteiger partial charge on any atom is 0.354 e. The molecule has 22 heavy (non-hydrogen) atoms. The third-order valence-corrected chi connectivity index (χ3v) is 3.28. The van der Waals surface area contributed by atoms with Crippen LogP contribution in [0.25, 0.3) is 11.3 Å². The monoisotopic (exact) mass is 312 g/mol. The van der Waals surface area contributed by atoms with Crippen molar-refractivity contribution >= 4 is 28.6 Å². The van der Waals surface area contributed by atoms with Gasteiger partial charge in [-0.1, -0.05) is 30.0 Å². The van der Waals surface area contributed by atoms with Crippen molar-refractivity contribution in [2.45, 2.75) is 0 Å². The van der Waals surface area contributed by atoms with E-state index in [0.717, 1.165) is 5.56 Å². The minimum absolute atomic E-state index is 0.0117. The molecule has 0 aliphatic carbocycles. The quantitative estimate of drug-likeness (QED) is 0.391. The van der Waals surface area contributed by atoms with Crippen LogP contribution in [-0.2, 0) is 0 Å². The second kappa shape index (κ2) is 7.24. The van der Waals surface area contributed by atoms with Crippen LogP contribution in [0.2, 0.25) is 0 Å². The first-order valence-electron chi connectivity index (χ1n) is 6.22. The predicted molar refractivity (Wildman–Crippen MR) is 86.0 cm³/mol. The van der Waals surface area contributed by atoms with Crippen LogP contribution < -0.4 is 5.32 Å². The number of hydrogen-bond acceptors (Lipinski definition) is 5. The van der Waals surface area contributed by atoms with Gasteiger partial charge in [-0.25, -0.2) is 14.8 Å². The molecule has 0 saturated heterocycles. The van der Waals surface area contributed by atoms with Gasteiger partial charge in [0.05, 0.1) is 11.4 Å². The zero-order valence-electron chi connectivity index (χ0n) is 11.6. The number of nitrogens with one attached hydrogen (secondary N) is 1. The third kappa shape index (κ3) is 3.84. The van der Waals surface area contributed by atoms with Crippen LogP contribution in [0.15, 0.2) is 47.5 Å². The molecule has 0 aliphatic heterocycles. The van der Waals surface area contributed by atoms with E-state index in [-0.39, 0.29) is 5.69 Å². The van der Waals surface area contributed by atoms with Gasteiger partial charge in [0.25, 0.3) is 0 Å². The number of amidine groups is 1. The van der Waals surface area contributed by atoms with Crippen LogP contribution in [0.3, 0.4) is 0 Å². The number of aromatic nitrogens is 1. The Labute approximate surface area is 131 Å². The van der Waals surface area contributed by atoms with E-state index in [2.05, 4.69) is 15.3 Å². The second-order valence-electron chi connectivity index (χ2n) is 4.12. The number of carboxylic acids is 1. The lowest BCUT2D eigenvalue weighted by atomic mass is 10.1. The summed E-state index contributed by atoms with van der Waals surface area (Å²) in [5, 5.41) is 20.6. The molecular formula is C15H12N4O2S. The summed E-state index contributed by atoms with van der Waals surface area (Å²) >= 11 is 1.32. The van der Waals surface area contributed by atoms with E-state index in [0.29, 0.717) is 16.5 Å². The Bertz CT molecular complexity index is 768. The highest BCUT2D eigenvalue weighted by molar-refractivity contribution is 8.13. The first-order chi connectivity index (χ1) is 10.6. The van der Waals surface area contributed by atoms with Crippen molar-refractivity contribution < 1.29 is 9.90 Å². The number of pyridine rings is 1. The average molecular weight is 312 g/mol. The molecule has 2 rings (SSSR count). The molecule has 6 nitrogen and oxygen atoms in total. The summed E-state index contributed by atoms with van der Waals surface area (Å²) in [7, 11) is 0. The molecule has 0 amide bonds. The summed E-state index contributed by atoms with van der Waals surface area (Å²) in [6.07, 6.45) is 3.64. The topological polar surface area (TPSA) is 98.4 Å². The number of carboxylic acid groups (broad SMARTS) is 1. The number of nitriles is 1. The Morgan fingerprint density at radius 2 is 2.14 bits per heavy atom. The van der Waals surface area contributed by atoms with Gasteiger partial charge in [-0.2, -0.15) is 5.26 Å². The van der Waals surface area contributed by atoms with E-state index in [9.17, 15) is 4.79 Å². The molecular weight excluding hydrogens is 300 g/mol. The molecule has 0 fully saturated rings. The van der Waals surface area contributed by atoms with Gasteiger partial charge in [0, 0.05) is 5.56 Å². The number of hydrogen-bond donors (Lipinski definition) is 2. The maximum absolute atomic E-state index is 11.0. The zero-order valence-corrected chi connectivity index (χ0v) is 12.5. The van der Waals surface area contributed by atoms with Crippen LogP contribution >= 0.6 is 11.8 Å². The zero-order chi connectivity index (χ0) is 15.9. The lowest BCUT2D eigenvalue weighted by Crippen LogP contribution is -2.12. The van der Waals surface area contributed by atoms with Crippen molar-refractivity contribution in [3.63, 3.8) is 0 Å². The Hall–Kier alpha value is -2.85. The molecule has 1 aromatic carbocycles. The molecule has 1 aromatic heterocycles. The molecule has 1 heterocycles. The molecule has 2 aromatic rings. The number of aromatic carboxylic acids is 1. The van der Waals surface area contributed by atoms with E-state index < -0.39 is 5.97 Å². The van der Waals surface area contributed by atoms with Gasteiger partial charge >= 0.3 is 5.97 Å². The highest BCUT2D eigenvalue weighted by atomic mass is 32.2. The van der Waals surface area contributed by atoms with Crippen molar-refractivity contribution in [3.05, 3.63) is 48.2 Å². The lowest BCUT2D eigenvalue weighted by Gasteiger charge is -2.04. The van der Waals surface area contributed by atoms with Gasteiger partial charge in [0.2, 0.25) is 0 Å². The fraction of sp³-hybridized carbons (Fsp3) is 0.0667. The molecule has 0 saturated carbocycles. The fourth-order valence-electron chi connectivity index (χ4n) is 1.74. The molecule has 0 spiro atoms. The Morgan fingerprint density at radius 1 is 1.36 bits per heavy atom. The fourth-order valence-corrected chi connectivity index (χ4v) is 2.08. The van der Waals surface area contributed by atoms with E-state index in [1.54, 1.807) is 30.3 Å². The smallest absolute Gasteiger partial charge is 0.354 e. The van der Waals surface area contributed by atoms with E-state index in [4.69, 9.17) is 10.4 Å². The largest absolute Gasteiger partial charge is 0.477 e. The Kier molecular flexibility index (Phi) is 5.11. The average Bonchev–Trinajstić information content (AvgIpc) is 2.55. The van der Waals surface area contributed by atoms with Crippen LogP contribution in [0.1, 0.15) is 10.5 Å². The highest BCUT2D eigenvalue weighted by Crippen LogP contribution is 2.23. The number of thioether (sulfide) groups is 1. The number of carbonyl (C=O) groups is 1. The normalized spacial score (nSPS) is 10.8. The summed E-state index contributed by atoms with van der Waals surface area (Å²) in [5.41, 5.74) is 1.94. The lowest BCUT2D eigenvalue weighted by molar-refractivity contribution is 0.0690. The minimum atomic E-state index is -1.07. The molecule has 0 bridgehead atoms. The molecule has 0 radical (unpaired) electrons. The van der Waals surface area contributed by atoms with Crippen molar-refractivity contribution in [3.8, 4) is 17.5 Å². The summed E-state index contributed by atoms with van der Waals surface area (Å²) in [4.78, 5) is 19.4. The molecule has 110 valence electrons. The van der Waals surface area contributed by atoms with E-state index in [1.807, 2.05) is 18.5 Å². The van der Waals surface area contributed by atoms with Crippen molar-refractivity contribution in [2.75, 3.05) is 6.26 Å². The second-order valence-corrected chi connectivity index (χ2v) is 4.92. The molecule has 2 N–H and O–H groups in total. The number of benzene rings is 1. The standard InChI is InChI=1S/C15H12N4O2S/c1-22-15(17-9-16)18-11-5-2-4-10(8-11)12-6-3-7-13(19-12)14(20)21/h2-8H,1H3,(H,17,18)(H,20,21). The number of aliphatic imine (C=N–C) groups is 1. The van der Waals surface area contributed by atoms with Crippen LogP contribution in [0.5, 0.6) is 0 Å². The van der Waals surface area contributed by atoms with Crippen LogP contribution in [0.4, 0.5) is 5.69 Å². The van der Waals surface area contributed by atoms with Crippen molar-refractivity contribution in [1.82, 2.24) is 10.3 Å². The molecule has 0 unspecified atom stereocenters. The molecule has 7 heteroatoms. The molecule has 0 aliphatic rings. The summed E-state index contributed by atoms with van der Waals surface area (Å²) < 4.78 is 0. The van der Waals surface area contributed by atoms with Crippen molar-refractivity contribution in [1.29, 1.82) is 5.26 Å². The predicted octanol–water partition coefficient (Wildman–Crippen LogP) is 2.87. The van der Waals surface area contributed by atoms with Crippen LogP contribution in [0, 0.1) is 11.5 Å². The maximum atomic E-state index is 11.0. The van der Waals surface area contributed by atoms with Gasteiger partial charge in [0.15, 0.2) is 11.4 Å². The minimum Gasteiger partial charge on any atom is -0.477 e. The first-order valence-corrected chi connectivity index (χ1v) is 7.45. The summed E-state index contributed by atoms with van der Waals surface area (Å²) in [6, 6.07) is 12.0. The van der Waals surface area contributed by atoms with Gasteiger partial charge < -0.3 is 5.11 Å². The van der Waals surface area contributed by atoms with Crippen LogP contribution in [-0.4, -0.2) is 27.5 Å². The molecule has 0 atom stereocenters.